The van der Waals surface area contributed by atoms with Gasteiger partial charge in [0.1, 0.15) is 0 Å². The smallest absolute Gasteiger partial charge is 0.469 e. The fourth-order valence-corrected chi connectivity index (χ4v) is 3.79. The Morgan fingerprint density at radius 2 is 2.10 bits per heavy atom. The van der Waals surface area contributed by atoms with Crippen LogP contribution >= 0.6 is 7.82 Å². The van der Waals surface area contributed by atoms with Crippen LogP contribution in [-0.4, -0.2) is 56.0 Å². The number of oxazole rings is 1. The number of aromatic nitrogens is 1. The second kappa shape index (κ2) is 9.49. The first-order valence-corrected chi connectivity index (χ1v) is 10.0. The molecule has 0 radical (unpaired) electrons. The van der Waals surface area contributed by atoms with Gasteiger partial charge >= 0.3 is 19.8 Å². The van der Waals surface area contributed by atoms with E-state index in [9.17, 15) is 18.9 Å². The lowest BCUT2D eigenvalue weighted by atomic mass is 9.87. The van der Waals surface area contributed by atoms with E-state index in [1.165, 1.54) is 7.11 Å². The first-order valence-electron chi connectivity index (χ1n) is 8.57. The van der Waals surface area contributed by atoms with Crippen molar-refractivity contribution in [1.29, 1.82) is 0 Å². The molecule has 0 aromatic carbocycles. The minimum Gasteiger partial charge on any atom is -0.469 e. The van der Waals surface area contributed by atoms with E-state index in [0.717, 1.165) is 6.39 Å². The number of rotatable bonds is 8. The lowest BCUT2D eigenvalue weighted by molar-refractivity contribution is -0.144. The van der Waals surface area contributed by atoms with Gasteiger partial charge in [-0.2, -0.15) is 0 Å². The third-order valence-electron chi connectivity index (χ3n) is 3.96. The summed E-state index contributed by atoms with van der Waals surface area (Å²) in [6.45, 7) is 4.03. The van der Waals surface area contributed by atoms with E-state index in [0.29, 0.717) is 5.69 Å². The van der Waals surface area contributed by atoms with E-state index in [2.05, 4.69) is 15.0 Å². The lowest BCUT2D eigenvalue weighted by Crippen LogP contribution is -2.50. The highest BCUT2D eigenvalue weighted by atomic mass is 31.2. The number of hydrogen-bond acceptors (Lipinski definition) is 11. The normalized spacial score (nSPS) is 23.2. The number of carbonyl (C=O) groups excluding carboxylic acids is 3. The number of aryl methyl sites for hydroxylation is 1. The van der Waals surface area contributed by atoms with Gasteiger partial charge in [0, 0.05) is 12.0 Å². The van der Waals surface area contributed by atoms with E-state index >= 15 is 0 Å². The molecule has 0 aliphatic carbocycles. The molecule has 162 valence electrons. The summed E-state index contributed by atoms with van der Waals surface area (Å²) in [5.41, 5.74) is -0.516. The highest BCUT2D eigenvalue weighted by Crippen LogP contribution is 2.57. The number of amides is 1. The summed E-state index contributed by atoms with van der Waals surface area (Å²) in [5, 5.41) is 2.51. The van der Waals surface area contributed by atoms with Gasteiger partial charge in [-0.3, -0.25) is 18.6 Å². The number of phosphoric acid groups is 1. The van der Waals surface area contributed by atoms with Crippen molar-refractivity contribution in [3.8, 4) is 0 Å². The highest BCUT2D eigenvalue weighted by molar-refractivity contribution is 7.48. The van der Waals surface area contributed by atoms with Gasteiger partial charge in [0.25, 0.3) is 0 Å². The van der Waals surface area contributed by atoms with Crippen LogP contribution in [0.3, 0.4) is 0 Å². The van der Waals surface area contributed by atoms with Crippen molar-refractivity contribution in [2.24, 2.45) is 5.41 Å². The van der Waals surface area contributed by atoms with Crippen LogP contribution < -0.4 is 5.32 Å². The zero-order valence-electron chi connectivity index (χ0n) is 16.5. The van der Waals surface area contributed by atoms with Crippen molar-refractivity contribution in [3.05, 3.63) is 17.8 Å². The quantitative estimate of drug-likeness (QED) is 0.358. The number of esters is 2. The topological polar surface area (TPSA) is 152 Å². The fraction of sp³-hybridized carbons (Fsp3) is 0.625. The molecule has 2 atom stereocenters. The summed E-state index contributed by atoms with van der Waals surface area (Å²) in [6, 6.07) is 0. The molecule has 12 nitrogen and oxygen atoms in total. The van der Waals surface area contributed by atoms with Crippen LogP contribution in [0.4, 0.5) is 0 Å². The summed E-state index contributed by atoms with van der Waals surface area (Å²) in [4.78, 5) is 39.1. The van der Waals surface area contributed by atoms with Crippen molar-refractivity contribution in [2.45, 2.75) is 33.3 Å². The van der Waals surface area contributed by atoms with Crippen molar-refractivity contribution in [3.63, 3.8) is 0 Å². The Bertz CT molecular complexity index is 805. The summed E-state index contributed by atoms with van der Waals surface area (Å²) in [6.07, 6.45) is -0.142. The highest BCUT2D eigenvalue weighted by Gasteiger charge is 2.49. The van der Waals surface area contributed by atoms with Gasteiger partial charge in [0.2, 0.25) is 18.5 Å². The molecule has 1 amide bonds. The van der Waals surface area contributed by atoms with Crippen LogP contribution in [0.15, 0.2) is 10.8 Å². The average Bonchev–Trinajstić information content (AvgIpc) is 3.09. The third-order valence-corrected chi connectivity index (χ3v) is 5.30. The van der Waals surface area contributed by atoms with Gasteiger partial charge in [-0.1, -0.05) is 13.8 Å². The van der Waals surface area contributed by atoms with Gasteiger partial charge in [-0.25, -0.2) is 18.9 Å². The van der Waals surface area contributed by atoms with Crippen LogP contribution in [0.1, 0.15) is 36.5 Å². The molecule has 29 heavy (non-hydrogen) atoms. The van der Waals surface area contributed by atoms with Crippen molar-refractivity contribution < 1.29 is 46.4 Å². The van der Waals surface area contributed by atoms with Crippen LogP contribution in [0.5, 0.6) is 0 Å². The molecule has 1 fully saturated rings. The van der Waals surface area contributed by atoms with E-state index in [1.807, 2.05) is 0 Å². The largest absolute Gasteiger partial charge is 0.478 e. The molecular weight excluding hydrogens is 411 g/mol. The van der Waals surface area contributed by atoms with E-state index in [-0.39, 0.29) is 25.3 Å². The van der Waals surface area contributed by atoms with Crippen molar-refractivity contribution >= 4 is 25.7 Å². The SMILES string of the molecule is COC(=O)CCNC(=O)[C@@H]1O[P@](=O)(OCOC(=O)c2ocnc2C)OCC1(C)C. The summed E-state index contributed by atoms with van der Waals surface area (Å²) in [5.74, 6) is -2.09. The molecule has 1 aliphatic heterocycles. The molecule has 0 bridgehead atoms. The Hall–Kier alpha value is -2.27. The maximum Gasteiger partial charge on any atom is 0.478 e. The summed E-state index contributed by atoms with van der Waals surface area (Å²) >= 11 is 0. The Kier molecular flexibility index (Phi) is 7.53. The van der Waals surface area contributed by atoms with Crippen LogP contribution in [0, 0.1) is 12.3 Å². The van der Waals surface area contributed by atoms with Gasteiger partial charge in [-0.05, 0) is 6.92 Å². The van der Waals surface area contributed by atoms with Gasteiger partial charge in [0.15, 0.2) is 12.5 Å². The summed E-state index contributed by atoms with van der Waals surface area (Å²) < 4.78 is 42.2. The van der Waals surface area contributed by atoms with Crippen molar-refractivity contribution in [1.82, 2.24) is 10.3 Å². The zero-order chi connectivity index (χ0) is 21.7. The van der Waals surface area contributed by atoms with E-state index < -0.39 is 44.0 Å². The minimum absolute atomic E-state index is 0.0155. The van der Waals surface area contributed by atoms with Gasteiger partial charge in [0.05, 0.1) is 25.8 Å². The molecule has 1 aromatic heterocycles. The Balaban J connectivity index is 1.91. The molecule has 13 heteroatoms. The predicted octanol–water partition coefficient (Wildman–Crippen LogP) is 1.34. The maximum atomic E-state index is 12.7. The van der Waals surface area contributed by atoms with Crippen LogP contribution in [-0.2, 0) is 37.2 Å². The first kappa shape index (κ1) is 23.0. The monoisotopic (exact) mass is 434 g/mol. The number of ether oxygens (including phenoxy) is 2. The number of nitrogens with zero attached hydrogens (tertiary/aromatic N) is 1. The molecule has 0 unspecified atom stereocenters. The Morgan fingerprint density at radius 1 is 1.38 bits per heavy atom. The second-order valence-electron chi connectivity index (χ2n) is 6.76. The number of nitrogens with one attached hydrogen (secondary N) is 1. The molecule has 0 saturated carbocycles. The van der Waals surface area contributed by atoms with E-state index in [1.54, 1.807) is 20.8 Å². The standard InChI is InChI=1S/C16H23N2O10P/c1-10-12(24-8-18-10)15(21)25-9-27-29(22)26-7-16(2,3)13(28-29)14(20)17-6-5-11(19)23-4/h8,13H,5-7,9H2,1-4H3,(H,17,20)/t13-,29-/m0/s1. The molecule has 1 aliphatic rings. The number of hydrogen-bond donors (Lipinski definition) is 1. The fourth-order valence-electron chi connectivity index (χ4n) is 2.28. The van der Waals surface area contributed by atoms with E-state index in [4.69, 9.17) is 22.7 Å². The Morgan fingerprint density at radius 3 is 2.72 bits per heavy atom. The van der Waals surface area contributed by atoms with Gasteiger partial charge in [-0.15, -0.1) is 0 Å². The predicted molar refractivity (Wildman–Crippen MR) is 94.5 cm³/mol. The first-order chi connectivity index (χ1) is 13.6. The molecule has 2 rings (SSSR count). The number of carbonyl (C=O) groups is 3. The van der Waals surface area contributed by atoms with Gasteiger partial charge < -0.3 is 19.2 Å². The minimum atomic E-state index is -4.18. The number of phosphoric ester groups is 1. The molecule has 0 spiro atoms. The lowest BCUT2D eigenvalue weighted by Gasteiger charge is -2.39. The third kappa shape index (κ3) is 6.10. The maximum absolute atomic E-state index is 12.7. The molecule has 2 heterocycles. The average molecular weight is 434 g/mol. The molecule has 1 saturated heterocycles. The summed E-state index contributed by atoms with van der Waals surface area (Å²) in [7, 11) is -2.95. The van der Waals surface area contributed by atoms with Crippen molar-refractivity contribution in [2.75, 3.05) is 27.1 Å². The Labute approximate surface area is 166 Å². The van der Waals surface area contributed by atoms with Crippen LogP contribution in [0.25, 0.3) is 0 Å². The van der Waals surface area contributed by atoms with Crippen LogP contribution in [0.2, 0.25) is 0 Å². The molecule has 1 aromatic rings. The molecular formula is C16H23N2O10P. The molecule has 1 N–H and O–H groups in total. The second-order valence-corrected chi connectivity index (χ2v) is 8.38. The zero-order valence-corrected chi connectivity index (χ0v) is 17.4. The number of methoxy groups -OCH3 is 1.